The Morgan fingerprint density at radius 3 is 1.64 bits per heavy atom. The van der Waals surface area contributed by atoms with Crippen molar-refractivity contribution in [2.45, 2.75) is 71.8 Å². The molecule has 3 N–H and O–H groups in total. The monoisotopic (exact) mass is 959 g/mol. The number of nitrogens with one attached hydrogen (secondary N) is 1. The van der Waals surface area contributed by atoms with Crippen LogP contribution in [-0.2, 0) is 25.7 Å². The Bertz CT molecular complexity index is 1740. The minimum Gasteiger partial charge on any atom is -0.502 e. The quantitative estimate of drug-likeness (QED) is 0.129. The lowest BCUT2D eigenvalue weighted by Gasteiger charge is -2.27. The summed E-state index contributed by atoms with van der Waals surface area (Å²) >= 11 is 14.3. The first kappa shape index (κ1) is 41.9. The van der Waals surface area contributed by atoms with E-state index in [2.05, 4.69) is 93.3 Å². The lowest BCUT2D eigenvalue weighted by molar-refractivity contribution is -0.386. The Balaban J connectivity index is 0.000000260. The van der Waals surface area contributed by atoms with E-state index in [-0.39, 0.29) is 54.7 Å². The van der Waals surface area contributed by atoms with Crippen LogP contribution in [0.5, 0.6) is 11.5 Å². The van der Waals surface area contributed by atoms with Gasteiger partial charge in [0.05, 0.1) is 9.85 Å². The van der Waals surface area contributed by atoms with Crippen molar-refractivity contribution in [2.75, 3.05) is 6.54 Å². The summed E-state index contributed by atoms with van der Waals surface area (Å²) in [6, 6.07) is 14.5. The highest BCUT2D eigenvalue weighted by Crippen LogP contribution is 2.41. The molecule has 2 aliphatic rings. The van der Waals surface area contributed by atoms with E-state index in [9.17, 15) is 30.4 Å². The van der Waals surface area contributed by atoms with Gasteiger partial charge in [-0.1, -0.05) is 71.1 Å². The topological polar surface area (TPSA) is 139 Å². The van der Waals surface area contributed by atoms with Crippen LogP contribution in [0.4, 0.5) is 11.4 Å². The SMILES string of the molecule is C.Cc1c(Br)cc(CC2CCCc3cc(O)c([N+](=O)[O-])cc32)cc1Br.Cc1c(Br)cc(CC2NCCc3cc(O)c([N+](=O)[O-])cc32)cc1Br.Cl. The predicted octanol–water partition coefficient (Wildman–Crippen LogP) is 11.4. The smallest absolute Gasteiger partial charge is 0.311 e. The van der Waals surface area contributed by atoms with Gasteiger partial charge in [0.2, 0.25) is 0 Å². The van der Waals surface area contributed by atoms with Gasteiger partial charge in [0.1, 0.15) is 0 Å². The van der Waals surface area contributed by atoms with Crippen molar-refractivity contribution < 1.29 is 20.1 Å². The van der Waals surface area contributed by atoms with Crippen LogP contribution in [0.2, 0.25) is 0 Å². The second-order valence-electron chi connectivity index (χ2n) is 12.2. The van der Waals surface area contributed by atoms with Crippen molar-refractivity contribution in [3.63, 3.8) is 0 Å². The fraction of sp³-hybridized carbons (Fsp3) is 0.333. The fourth-order valence-electron chi connectivity index (χ4n) is 6.43. The van der Waals surface area contributed by atoms with Crippen LogP contribution in [0.15, 0.2) is 66.4 Å². The zero-order valence-electron chi connectivity index (χ0n) is 26.6. The number of phenols is 2. The highest BCUT2D eigenvalue weighted by atomic mass is 79.9. The average Bonchev–Trinajstić information content (AvgIpc) is 3.02. The number of nitro benzene ring substituents is 2. The molecule has 268 valence electrons. The first-order chi connectivity index (χ1) is 22.7. The van der Waals surface area contributed by atoms with Crippen LogP contribution in [0.25, 0.3) is 0 Å². The Labute approximate surface area is 331 Å². The van der Waals surface area contributed by atoms with E-state index in [1.165, 1.54) is 17.7 Å². The lowest BCUT2D eigenvalue weighted by Crippen LogP contribution is -2.31. The maximum absolute atomic E-state index is 11.1. The molecule has 2 atom stereocenters. The van der Waals surface area contributed by atoms with Gasteiger partial charge in [-0.25, -0.2) is 0 Å². The van der Waals surface area contributed by atoms with E-state index >= 15 is 0 Å². The number of rotatable bonds is 6. The van der Waals surface area contributed by atoms with Gasteiger partial charge in [-0.3, -0.25) is 20.2 Å². The minimum atomic E-state index is -0.541. The number of nitrogens with zero attached hydrogens (tertiary/aromatic N) is 2. The van der Waals surface area contributed by atoms with E-state index in [1.807, 2.05) is 13.8 Å². The third kappa shape index (κ3) is 9.46. The molecule has 0 fully saturated rings. The highest BCUT2D eigenvalue weighted by Gasteiger charge is 2.27. The number of phenolic OH excluding ortho intramolecular Hbond substituents is 2. The Hall–Kier alpha value is -2.55. The molecule has 4 aromatic rings. The van der Waals surface area contributed by atoms with E-state index in [1.54, 1.807) is 12.1 Å². The van der Waals surface area contributed by atoms with Gasteiger partial charge in [0.15, 0.2) is 11.5 Å². The Morgan fingerprint density at radius 1 is 0.720 bits per heavy atom. The second-order valence-corrected chi connectivity index (χ2v) is 15.6. The van der Waals surface area contributed by atoms with Crippen LogP contribution in [0.3, 0.4) is 0 Å². The maximum atomic E-state index is 11.1. The second kappa shape index (κ2) is 17.8. The molecule has 0 amide bonds. The first-order valence-electron chi connectivity index (χ1n) is 15.4. The van der Waals surface area contributed by atoms with Crippen LogP contribution in [-0.4, -0.2) is 26.6 Å². The molecule has 1 aliphatic carbocycles. The molecular formula is C36H38Br4ClN3O6. The molecule has 1 aliphatic heterocycles. The molecule has 14 heteroatoms. The molecule has 0 saturated carbocycles. The van der Waals surface area contributed by atoms with Gasteiger partial charge in [0.25, 0.3) is 0 Å². The molecule has 0 saturated heterocycles. The number of hydrogen-bond donors (Lipinski definition) is 3. The maximum Gasteiger partial charge on any atom is 0.311 e. The average molecular weight is 964 g/mol. The number of nitro groups is 2. The molecule has 0 spiro atoms. The van der Waals surface area contributed by atoms with Gasteiger partial charge >= 0.3 is 11.4 Å². The molecule has 0 aromatic heterocycles. The summed E-state index contributed by atoms with van der Waals surface area (Å²) in [6.07, 6.45) is 5.18. The first-order valence-corrected chi connectivity index (χ1v) is 18.5. The van der Waals surface area contributed by atoms with E-state index in [4.69, 9.17) is 0 Å². The number of fused-ring (bicyclic) bond motifs is 2. The predicted molar refractivity (Wildman–Crippen MR) is 214 cm³/mol. The van der Waals surface area contributed by atoms with Crippen LogP contribution < -0.4 is 5.32 Å². The molecule has 4 aromatic carbocycles. The van der Waals surface area contributed by atoms with Crippen molar-refractivity contribution in [1.29, 1.82) is 0 Å². The van der Waals surface area contributed by atoms with Gasteiger partial charge in [0, 0.05) is 36.1 Å². The Kier molecular flexibility index (Phi) is 14.9. The molecule has 2 unspecified atom stereocenters. The van der Waals surface area contributed by atoms with Gasteiger partial charge in [-0.2, -0.15) is 0 Å². The molecule has 1 heterocycles. The zero-order valence-corrected chi connectivity index (χ0v) is 33.7. The minimum absolute atomic E-state index is 0. The Morgan fingerprint density at radius 2 is 1.16 bits per heavy atom. The normalized spacial score (nSPS) is 16.0. The van der Waals surface area contributed by atoms with Gasteiger partial charge in [-0.15, -0.1) is 12.4 Å². The molecule has 6 rings (SSSR count). The molecule has 0 bridgehead atoms. The van der Waals surface area contributed by atoms with Gasteiger partial charge in [-0.05, 0) is 146 Å². The van der Waals surface area contributed by atoms with Crippen LogP contribution in [0, 0.1) is 34.1 Å². The number of aromatic hydroxyl groups is 2. The summed E-state index contributed by atoms with van der Waals surface area (Å²) < 4.78 is 4.17. The number of benzene rings is 4. The van der Waals surface area contributed by atoms with E-state index < -0.39 is 9.85 Å². The molecule has 50 heavy (non-hydrogen) atoms. The summed E-state index contributed by atoms with van der Waals surface area (Å²) in [6.45, 7) is 4.85. The molecular weight excluding hydrogens is 925 g/mol. The lowest BCUT2D eigenvalue weighted by atomic mass is 9.79. The third-order valence-corrected chi connectivity index (χ3v) is 12.4. The van der Waals surface area contributed by atoms with E-state index in [0.29, 0.717) is 6.42 Å². The van der Waals surface area contributed by atoms with Crippen molar-refractivity contribution >= 4 is 87.5 Å². The van der Waals surface area contributed by atoms with E-state index in [0.717, 1.165) is 95.5 Å². The van der Waals surface area contributed by atoms with Crippen molar-refractivity contribution in [1.82, 2.24) is 5.32 Å². The summed E-state index contributed by atoms with van der Waals surface area (Å²) in [7, 11) is 0. The summed E-state index contributed by atoms with van der Waals surface area (Å²) in [5, 5.41) is 45.4. The summed E-state index contributed by atoms with van der Waals surface area (Å²) in [5.41, 5.74) is 8.04. The summed E-state index contributed by atoms with van der Waals surface area (Å²) in [5.74, 6) is -0.269. The number of hydrogen-bond acceptors (Lipinski definition) is 7. The number of aryl methyl sites for hydroxylation is 1. The van der Waals surface area contributed by atoms with Crippen molar-refractivity contribution in [3.8, 4) is 11.5 Å². The number of halogens is 5. The molecule has 9 nitrogen and oxygen atoms in total. The standard InChI is InChI=1S/C18H17Br2NO3.C17H16Br2N2O3.CH4.ClH/c1-10-15(19)6-11(7-16(10)20)5-12-3-2-4-13-8-18(22)17(21(23)24)9-14(12)13;1-9-13(18)4-10(5-14(9)19)6-15-12-8-16(21(23)24)17(22)7-11(12)2-3-20-15;;/h6-9,12,22H,2-5H2,1H3;4-5,7-8,15,20,22H,2-3,6H2,1H3;1H4;1H. The van der Waals surface area contributed by atoms with Crippen LogP contribution >= 0.6 is 76.1 Å². The van der Waals surface area contributed by atoms with Crippen molar-refractivity contribution in [2.24, 2.45) is 0 Å². The zero-order chi connectivity index (χ0) is 34.9. The van der Waals surface area contributed by atoms with Crippen LogP contribution in [0.1, 0.15) is 76.7 Å². The third-order valence-electron chi connectivity index (χ3n) is 9.07. The van der Waals surface area contributed by atoms with Crippen molar-refractivity contribution in [3.05, 3.63) is 131 Å². The fourth-order valence-corrected chi connectivity index (χ4v) is 9.00. The van der Waals surface area contributed by atoms with Gasteiger partial charge < -0.3 is 15.5 Å². The largest absolute Gasteiger partial charge is 0.502 e. The summed E-state index contributed by atoms with van der Waals surface area (Å²) in [4.78, 5) is 21.2. The highest BCUT2D eigenvalue weighted by molar-refractivity contribution is 9.11. The molecule has 0 radical (unpaired) electrons.